The zero-order chi connectivity index (χ0) is 20.2. The molecular weight excluding hydrogens is 384 g/mol. The molecule has 0 saturated carbocycles. The van der Waals surface area contributed by atoms with E-state index in [9.17, 15) is 0 Å². The number of likely N-dealkylation sites (tertiary alicyclic amines) is 1. The minimum absolute atomic E-state index is 0.548. The summed E-state index contributed by atoms with van der Waals surface area (Å²) >= 11 is 5.96. The summed E-state index contributed by atoms with van der Waals surface area (Å²) in [6.45, 7) is 6.28. The van der Waals surface area contributed by atoms with E-state index in [2.05, 4.69) is 23.0 Å². The molecule has 6 heteroatoms. The van der Waals surface area contributed by atoms with Crippen LogP contribution in [0.2, 0.25) is 5.02 Å². The fourth-order valence-corrected chi connectivity index (χ4v) is 3.54. The van der Waals surface area contributed by atoms with Crippen molar-refractivity contribution in [2.75, 3.05) is 13.1 Å². The van der Waals surface area contributed by atoms with Crippen LogP contribution in [0, 0.1) is 13.8 Å². The van der Waals surface area contributed by atoms with Crippen molar-refractivity contribution in [3.8, 4) is 17.3 Å². The number of aromatic nitrogens is 2. The molecule has 0 amide bonds. The maximum Gasteiger partial charge on any atom is 0.238 e. The minimum atomic E-state index is 0.548. The first kappa shape index (κ1) is 19.5. The van der Waals surface area contributed by atoms with Gasteiger partial charge in [-0.1, -0.05) is 11.6 Å². The summed E-state index contributed by atoms with van der Waals surface area (Å²) in [6.07, 6.45) is 7.68. The molecule has 0 bridgehead atoms. The van der Waals surface area contributed by atoms with Crippen LogP contribution < -0.4 is 4.74 Å². The largest absolute Gasteiger partial charge is 0.437 e. The first-order valence-electron chi connectivity index (χ1n) is 9.97. The van der Waals surface area contributed by atoms with Gasteiger partial charge < -0.3 is 9.64 Å². The third-order valence-electron chi connectivity index (χ3n) is 5.11. The second-order valence-corrected chi connectivity index (χ2v) is 7.86. The monoisotopic (exact) mass is 408 g/mol. The molecule has 4 rings (SSSR count). The molecule has 1 fully saturated rings. The molecule has 0 N–H and O–H groups in total. The predicted octanol–water partition coefficient (Wildman–Crippen LogP) is 6.08. The van der Waals surface area contributed by atoms with Gasteiger partial charge in [-0.2, -0.15) is 0 Å². The minimum Gasteiger partial charge on any atom is -0.437 e. The SMILES string of the molecule is Cc1cc(Oc2ccn(-c3ccc(Cl)cc3)n2)c(C)cc1/N=C/N1CCCCC1. The van der Waals surface area contributed by atoms with E-state index < -0.39 is 0 Å². The summed E-state index contributed by atoms with van der Waals surface area (Å²) in [4.78, 5) is 7.00. The molecular formula is C23H25ClN4O. The van der Waals surface area contributed by atoms with Gasteiger partial charge in [0.1, 0.15) is 5.75 Å². The maximum atomic E-state index is 6.05. The van der Waals surface area contributed by atoms with Gasteiger partial charge in [-0.15, -0.1) is 5.10 Å². The molecule has 0 unspecified atom stereocenters. The van der Waals surface area contributed by atoms with Crippen molar-refractivity contribution < 1.29 is 4.74 Å². The fourth-order valence-electron chi connectivity index (χ4n) is 3.41. The molecule has 5 nitrogen and oxygen atoms in total. The number of hydrogen-bond acceptors (Lipinski definition) is 3. The van der Waals surface area contributed by atoms with Gasteiger partial charge in [0, 0.05) is 30.4 Å². The van der Waals surface area contributed by atoms with E-state index in [1.807, 2.05) is 55.9 Å². The summed E-state index contributed by atoms with van der Waals surface area (Å²) < 4.78 is 7.81. The number of halogens is 1. The second kappa shape index (κ2) is 8.70. The third-order valence-corrected chi connectivity index (χ3v) is 5.37. The molecule has 1 saturated heterocycles. The van der Waals surface area contributed by atoms with Crippen LogP contribution >= 0.6 is 11.6 Å². The van der Waals surface area contributed by atoms with E-state index >= 15 is 0 Å². The molecule has 2 aromatic carbocycles. The van der Waals surface area contributed by atoms with E-state index in [0.29, 0.717) is 10.9 Å². The Bertz CT molecular complexity index is 1000. The molecule has 0 atom stereocenters. The van der Waals surface area contributed by atoms with Gasteiger partial charge in [-0.25, -0.2) is 9.67 Å². The molecule has 1 aromatic heterocycles. The molecule has 29 heavy (non-hydrogen) atoms. The number of ether oxygens (including phenoxy) is 1. The molecule has 1 aliphatic heterocycles. The van der Waals surface area contributed by atoms with E-state index in [-0.39, 0.29) is 0 Å². The average Bonchev–Trinajstić information content (AvgIpc) is 3.19. The Balaban J connectivity index is 1.48. The highest BCUT2D eigenvalue weighted by Gasteiger charge is 2.10. The quantitative estimate of drug-likeness (QED) is 0.379. The Hall–Kier alpha value is -2.79. The Morgan fingerprint density at radius 1 is 1.00 bits per heavy atom. The van der Waals surface area contributed by atoms with Crippen molar-refractivity contribution in [1.29, 1.82) is 0 Å². The highest BCUT2D eigenvalue weighted by Crippen LogP contribution is 2.31. The first-order valence-corrected chi connectivity index (χ1v) is 10.4. The van der Waals surface area contributed by atoms with Crippen LogP contribution in [0.25, 0.3) is 5.69 Å². The number of aliphatic imine (C=N–C) groups is 1. The molecule has 0 spiro atoms. The van der Waals surface area contributed by atoms with Crippen LogP contribution in [0.15, 0.2) is 53.7 Å². The van der Waals surface area contributed by atoms with Crippen LogP contribution in [0.5, 0.6) is 11.6 Å². The first-order chi connectivity index (χ1) is 14.1. The Morgan fingerprint density at radius 2 is 1.76 bits per heavy atom. The summed E-state index contributed by atoms with van der Waals surface area (Å²) in [6, 6.07) is 13.5. The molecule has 0 radical (unpaired) electrons. The highest BCUT2D eigenvalue weighted by atomic mass is 35.5. The molecule has 3 aromatic rings. The van der Waals surface area contributed by atoms with Crippen LogP contribution in [-0.2, 0) is 0 Å². The highest BCUT2D eigenvalue weighted by molar-refractivity contribution is 6.30. The van der Waals surface area contributed by atoms with Crippen LogP contribution in [-0.4, -0.2) is 34.1 Å². The average molecular weight is 409 g/mol. The molecule has 2 heterocycles. The lowest BCUT2D eigenvalue weighted by Gasteiger charge is -2.23. The van der Waals surface area contributed by atoms with E-state index in [1.54, 1.807) is 4.68 Å². The van der Waals surface area contributed by atoms with Gasteiger partial charge in [0.2, 0.25) is 5.88 Å². The Kier molecular flexibility index (Phi) is 5.86. The molecule has 1 aliphatic rings. The number of rotatable bonds is 5. The van der Waals surface area contributed by atoms with Gasteiger partial charge in [-0.3, -0.25) is 0 Å². The van der Waals surface area contributed by atoms with E-state index in [4.69, 9.17) is 21.3 Å². The predicted molar refractivity (Wildman–Crippen MR) is 118 cm³/mol. The molecule has 0 aliphatic carbocycles. The van der Waals surface area contributed by atoms with E-state index in [1.165, 1.54) is 19.3 Å². The number of aryl methyl sites for hydroxylation is 2. The van der Waals surface area contributed by atoms with Gasteiger partial charge >= 0.3 is 0 Å². The fraction of sp³-hybridized carbons (Fsp3) is 0.304. The third kappa shape index (κ3) is 4.80. The zero-order valence-electron chi connectivity index (χ0n) is 16.8. The summed E-state index contributed by atoms with van der Waals surface area (Å²) in [5.74, 6) is 1.34. The maximum absolute atomic E-state index is 6.05. The summed E-state index contributed by atoms with van der Waals surface area (Å²) in [5, 5.41) is 5.21. The lowest BCUT2D eigenvalue weighted by molar-refractivity contribution is 0.351. The zero-order valence-corrected chi connectivity index (χ0v) is 17.6. The molecule has 150 valence electrons. The van der Waals surface area contributed by atoms with Crippen LogP contribution in [0.1, 0.15) is 30.4 Å². The second-order valence-electron chi connectivity index (χ2n) is 7.42. The van der Waals surface area contributed by atoms with Crippen LogP contribution in [0.4, 0.5) is 5.69 Å². The number of benzene rings is 2. The normalized spacial score (nSPS) is 14.5. The van der Waals surface area contributed by atoms with Gasteiger partial charge in [0.05, 0.1) is 17.7 Å². The van der Waals surface area contributed by atoms with Crippen molar-refractivity contribution in [2.45, 2.75) is 33.1 Å². The van der Waals surface area contributed by atoms with Crippen molar-refractivity contribution in [3.63, 3.8) is 0 Å². The number of hydrogen-bond donors (Lipinski definition) is 0. The van der Waals surface area contributed by atoms with Gasteiger partial charge in [0.25, 0.3) is 0 Å². The van der Waals surface area contributed by atoms with Gasteiger partial charge in [0.15, 0.2) is 0 Å². The van der Waals surface area contributed by atoms with Crippen molar-refractivity contribution >= 4 is 23.6 Å². The lowest BCUT2D eigenvalue weighted by Crippen LogP contribution is -2.28. The lowest BCUT2D eigenvalue weighted by atomic mass is 10.1. The number of piperidine rings is 1. The Labute approximate surface area is 176 Å². The number of nitrogens with zero attached hydrogens (tertiary/aromatic N) is 4. The van der Waals surface area contributed by atoms with Crippen LogP contribution in [0.3, 0.4) is 0 Å². The van der Waals surface area contributed by atoms with Gasteiger partial charge in [-0.05, 0) is 80.6 Å². The summed E-state index contributed by atoms with van der Waals surface area (Å²) in [5.41, 5.74) is 4.02. The van der Waals surface area contributed by atoms with Crippen molar-refractivity contribution in [1.82, 2.24) is 14.7 Å². The van der Waals surface area contributed by atoms with Crippen molar-refractivity contribution in [2.24, 2.45) is 4.99 Å². The smallest absolute Gasteiger partial charge is 0.238 e. The Morgan fingerprint density at radius 3 is 2.52 bits per heavy atom. The van der Waals surface area contributed by atoms with Crippen molar-refractivity contribution in [3.05, 3.63) is 64.8 Å². The standard InChI is InChI=1S/C23H25ClN4O/c1-17-15-22(18(2)14-21(17)25-16-27-11-4-3-5-12-27)29-23-10-13-28(26-23)20-8-6-19(24)7-9-20/h6-10,13-16H,3-5,11-12H2,1-2H3/b25-16+. The van der Waals surface area contributed by atoms with E-state index in [0.717, 1.165) is 41.3 Å². The topological polar surface area (TPSA) is 42.6 Å². The summed E-state index contributed by atoms with van der Waals surface area (Å²) in [7, 11) is 0.